The van der Waals surface area contributed by atoms with Gasteiger partial charge in [0.15, 0.2) is 0 Å². The van der Waals surface area contributed by atoms with Gasteiger partial charge in [-0.2, -0.15) is 0 Å². The number of esters is 1. The largest absolute Gasteiger partial charge is 0.497 e. The van der Waals surface area contributed by atoms with E-state index in [4.69, 9.17) is 9.47 Å². The maximum absolute atomic E-state index is 13.9. The van der Waals surface area contributed by atoms with Crippen LogP contribution in [0.1, 0.15) is 41.3 Å². The maximum Gasteiger partial charge on any atom is 0.309 e. The van der Waals surface area contributed by atoms with E-state index >= 15 is 0 Å². The van der Waals surface area contributed by atoms with Crippen molar-refractivity contribution in [2.24, 2.45) is 5.92 Å². The summed E-state index contributed by atoms with van der Waals surface area (Å²) in [6.07, 6.45) is 1.43. The minimum absolute atomic E-state index is 0.00372. The highest BCUT2D eigenvalue weighted by Gasteiger charge is 2.28. The number of likely N-dealkylation sites (tertiary alicyclic amines) is 1. The smallest absolute Gasteiger partial charge is 0.309 e. The summed E-state index contributed by atoms with van der Waals surface area (Å²) in [5, 5.41) is 0. The SMILES string of the molecule is CCOC(=O)C1CCN(C(=O)Cc2ccc(N(Cc3ccc(OC)cc3)C(=O)c3cccc(F)c3)cc2)CC1. The van der Waals surface area contributed by atoms with Gasteiger partial charge in [0, 0.05) is 24.3 Å². The van der Waals surface area contributed by atoms with Crippen molar-refractivity contribution in [2.45, 2.75) is 32.7 Å². The molecule has 0 aromatic heterocycles. The Hall–Kier alpha value is -4.20. The number of carbonyl (C=O) groups is 3. The van der Waals surface area contributed by atoms with Crippen LogP contribution in [0.15, 0.2) is 72.8 Å². The van der Waals surface area contributed by atoms with E-state index in [0.29, 0.717) is 44.0 Å². The Kier molecular flexibility index (Phi) is 9.31. The Balaban J connectivity index is 1.46. The number of hydrogen-bond acceptors (Lipinski definition) is 5. The van der Waals surface area contributed by atoms with E-state index in [1.807, 2.05) is 36.4 Å². The van der Waals surface area contributed by atoms with Crippen LogP contribution in [0.3, 0.4) is 0 Å². The molecule has 1 aliphatic rings. The van der Waals surface area contributed by atoms with E-state index in [0.717, 1.165) is 11.1 Å². The first-order valence-electron chi connectivity index (χ1n) is 13.1. The van der Waals surface area contributed by atoms with Gasteiger partial charge >= 0.3 is 5.97 Å². The van der Waals surface area contributed by atoms with Crippen molar-refractivity contribution in [1.82, 2.24) is 4.90 Å². The molecule has 1 fully saturated rings. The normalized spacial score (nSPS) is 13.6. The summed E-state index contributed by atoms with van der Waals surface area (Å²) in [5.74, 6) is -0.450. The summed E-state index contributed by atoms with van der Waals surface area (Å²) < 4.78 is 24.2. The zero-order valence-corrected chi connectivity index (χ0v) is 22.3. The number of ether oxygens (including phenoxy) is 2. The molecule has 8 heteroatoms. The molecule has 0 atom stereocenters. The molecule has 0 N–H and O–H groups in total. The van der Waals surface area contributed by atoms with Crippen LogP contribution in [-0.2, 0) is 27.3 Å². The molecule has 3 aromatic rings. The molecule has 2 amide bonds. The lowest BCUT2D eigenvalue weighted by Crippen LogP contribution is -2.41. The van der Waals surface area contributed by atoms with Crippen LogP contribution in [-0.4, -0.2) is 49.5 Å². The van der Waals surface area contributed by atoms with Crippen LogP contribution in [0.2, 0.25) is 0 Å². The fourth-order valence-corrected chi connectivity index (χ4v) is 4.68. The van der Waals surface area contributed by atoms with Gasteiger partial charge in [-0.15, -0.1) is 0 Å². The summed E-state index contributed by atoms with van der Waals surface area (Å²) >= 11 is 0. The second-order valence-electron chi connectivity index (χ2n) is 9.50. The molecule has 39 heavy (non-hydrogen) atoms. The topological polar surface area (TPSA) is 76.2 Å². The number of anilines is 1. The minimum atomic E-state index is -0.481. The average molecular weight is 533 g/mol. The summed E-state index contributed by atoms with van der Waals surface area (Å²) in [4.78, 5) is 41.7. The first-order chi connectivity index (χ1) is 18.9. The predicted octanol–water partition coefficient (Wildman–Crippen LogP) is 5.03. The van der Waals surface area contributed by atoms with Crippen molar-refractivity contribution in [2.75, 3.05) is 31.7 Å². The Labute approximate surface area is 228 Å². The second kappa shape index (κ2) is 13.0. The van der Waals surface area contributed by atoms with Crippen molar-refractivity contribution in [1.29, 1.82) is 0 Å². The minimum Gasteiger partial charge on any atom is -0.497 e. The van der Waals surface area contributed by atoms with Crippen molar-refractivity contribution in [3.8, 4) is 5.75 Å². The molecule has 204 valence electrons. The summed E-state index contributed by atoms with van der Waals surface area (Å²) in [7, 11) is 1.59. The summed E-state index contributed by atoms with van der Waals surface area (Å²) in [6.45, 7) is 3.47. The lowest BCUT2D eigenvalue weighted by molar-refractivity contribution is -0.151. The molecule has 0 spiro atoms. The maximum atomic E-state index is 13.9. The lowest BCUT2D eigenvalue weighted by Gasteiger charge is -2.31. The molecular formula is C31H33FN2O5. The third kappa shape index (κ3) is 7.22. The second-order valence-corrected chi connectivity index (χ2v) is 9.50. The number of piperidine rings is 1. The highest BCUT2D eigenvalue weighted by molar-refractivity contribution is 6.06. The van der Waals surface area contributed by atoms with Gasteiger partial charge < -0.3 is 19.3 Å². The third-order valence-electron chi connectivity index (χ3n) is 6.89. The first-order valence-corrected chi connectivity index (χ1v) is 13.1. The van der Waals surface area contributed by atoms with Crippen LogP contribution in [0.25, 0.3) is 0 Å². The molecule has 0 radical (unpaired) electrons. The van der Waals surface area contributed by atoms with Gasteiger partial charge in [-0.25, -0.2) is 4.39 Å². The van der Waals surface area contributed by atoms with Crippen molar-refractivity contribution >= 4 is 23.5 Å². The van der Waals surface area contributed by atoms with E-state index < -0.39 is 5.82 Å². The van der Waals surface area contributed by atoms with Crippen molar-refractivity contribution in [3.05, 3.63) is 95.3 Å². The molecule has 3 aromatic carbocycles. The number of rotatable bonds is 9. The van der Waals surface area contributed by atoms with Crippen molar-refractivity contribution in [3.63, 3.8) is 0 Å². The Bertz CT molecular complexity index is 1290. The van der Waals surface area contributed by atoms with Gasteiger partial charge in [0.1, 0.15) is 11.6 Å². The number of amides is 2. The molecule has 7 nitrogen and oxygen atoms in total. The molecular weight excluding hydrogens is 499 g/mol. The standard InChI is InChI=1S/C31H33FN2O5/c1-3-39-31(37)24-15-17-33(18-16-24)29(35)19-22-7-11-27(12-8-22)34(21-23-9-13-28(38-2)14-10-23)30(36)25-5-4-6-26(32)20-25/h4-14,20,24H,3,15-19,21H2,1-2H3. The van der Waals surface area contributed by atoms with Crippen molar-refractivity contribution < 1.29 is 28.2 Å². The number of hydrogen-bond donors (Lipinski definition) is 0. The third-order valence-corrected chi connectivity index (χ3v) is 6.89. The van der Waals surface area contributed by atoms with Gasteiger partial charge in [-0.1, -0.05) is 30.3 Å². The van der Waals surface area contributed by atoms with Crippen LogP contribution >= 0.6 is 0 Å². The van der Waals surface area contributed by atoms with Crippen LogP contribution in [0.4, 0.5) is 10.1 Å². The fourth-order valence-electron chi connectivity index (χ4n) is 4.68. The first kappa shape index (κ1) is 27.8. The van der Waals surface area contributed by atoms with Crippen LogP contribution in [0, 0.1) is 11.7 Å². The van der Waals surface area contributed by atoms with Crippen LogP contribution in [0.5, 0.6) is 5.75 Å². The highest BCUT2D eigenvalue weighted by atomic mass is 19.1. The number of carbonyl (C=O) groups excluding carboxylic acids is 3. The van der Waals surface area contributed by atoms with E-state index in [1.54, 1.807) is 42.0 Å². The zero-order valence-electron chi connectivity index (χ0n) is 22.3. The van der Waals surface area contributed by atoms with E-state index in [2.05, 4.69) is 0 Å². The number of halogens is 1. The summed E-state index contributed by atoms with van der Waals surface area (Å²) in [6, 6.07) is 20.3. The molecule has 0 aliphatic carbocycles. The fraction of sp³-hybridized carbons (Fsp3) is 0.323. The molecule has 1 saturated heterocycles. The Morgan fingerprint density at radius 3 is 2.23 bits per heavy atom. The van der Waals surface area contributed by atoms with E-state index in [1.165, 1.54) is 18.2 Å². The van der Waals surface area contributed by atoms with Gasteiger partial charge in [-0.3, -0.25) is 14.4 Å². The number of benzene rings is 3. The lowest BCUT2D eigenvalue weighted by atomic mass is 9.96. The molecule has 1 aliphatic heterocycles. The highest BCUT2D eigenvalue weighted by Crippen LogP contribution is 2.24. The zero-order chi connectivity index (χ0) is 27.8. The monoisotopic (exact) mass is 532 g/mol. The average Bonchev–Trinajstić information content (AvgIpc) is 2.96. The Morgan fingerprint density at radius 1 is 0.949 bits per heavy atom. The van der Waals surface area contributed by atoms with Gasteiger partial charge in [0.2, 0.25) is 5.91 Å². The quantitative estimate of drug-likeness (QED) is 0.362. The van der Waals surface area contributed by atoms with E-state index in [9.17, 15) is 18.8 Å². The van der Waals surface area contributed by atoms with Gasteiger partial charge in [0.05, 0.1) is 32.6 Å². The van der Waals surface area contributed by atoms with E-state index in [-0.39, 0.29) is 42.2 Å². The molecule has 0 saturated carbocycles. The molecule has 1 heterocycles. The molecule has 4 rings (SSSR count). The van der Waals surface area contributed by atoms with Crippen LogP contribution < -0.4 is 9.64 Å². The Morgan fingerprint density at radius 2 is 1.62 bits per heavy atom. The number of methoxy groups -OCH3 is 1. The van der Waals surface area contributed by atoms with Gasteiger partial charge in [-0.05, 0) is 73.4 Å². The number of nitrogens with zero attached hydrogens (tertiary/aromatic N) is 2. The summed E-state index contributed by atoms with van der Waals surface area (Å²) in [5.41, 5.74) is 2.57. The molecule has 0 unspecified atom stereocenters. The predicted molar refractivity (Wildman–Crippen MR) is 146 cm³/mol. The molecule has 0 bridgehead atoms. The van der Waals surface area contributed by atoms with Gasteiger partial charge in [0.25, 0.3) is 5.91 Å².